The van der Waals surface area contributed by atoms with E-state index in [1.807, 2.05) is 0 Å². The Balaban J connectivity index is 2.93. The van der Waals surface area contributed by atoms with Crippen LogP contribution in [-0.4, -0.2) is 21.4 Å². The minimum Gasteiger partial charge on any atom is -0.312 e. The predicted octanol–water partition coefficient (Wildman–Crippen LogP) is -0.333. The normalized spacial score (nSPS) is 9.12. The third-order valence-corrected chi connectivity index (χ3v) is 0.601. The zero-order valence-corrected chi connectivity index (χ0v) is 4.16. The molecule has 0 radical (unpaired) electrons. The maximum absolute atomic E-state index is 10.3. The molecule has 0 saturated carbocycles. The summed E-state index contributed by atoms with van der Waals surface area (Å²) in [7, 11) is 0. The average molecular weight is 113 g/mol. The zero-order valence-electron chi connectivity index (χ0n) is 4.16. The predicted molar refractivity (Wildman–Crippen MR) is 22.1 cm³/mol. The first-order valence-electron chi connectivity index (χ1n) is 1.96. The van der Waals surface area contributed by atoms with Crippen molar-refractivity contribution in [2.24, 2.45) is 0 Å². The van der Waals surface area contributed by atoms with E-state index in [1.165, 1.54) is 6.92 Å². The van der Waals surface area contributed by atoms with Gasteiger partial charge in [-0.05, 0) is 5.21 Å². The summed E-state index contributed by atoms with van der Waals surface area (Å²) in [5.41, 5.74) is 0. The SMILES string of the molecule is CC(=O)c1nnno1. The molecule has 1 rings (SSSR count). The van der Waals surface area contributed by atoms with Crippen LogP contribution in [0.1, 0.15) is 17.6 Å². The van der Waals surface area contributed by atoms with Gasteiger partial charge in [0.2, 0.25) is 5.78 Å². The second-order valence-electron chi connectivity index (χ2n) is 1.22. The van der Waals surface area contributed by atoms with Crippen molar-refractivity contribution in [1.82, 2.24) is 15.6 Å². The number of ketones is 1. The molecule has 0 aliphatic carbocycles. The smallest absolute Gasteiger partial charge is 0.312 e. The van der Waals surface area contributed by atoms with Gasteiger partial charge < -0.3 is 4.52 Å². The van der Waals surface area contributed by atoms with Crippen molar-refractivity contribution in [2.75, 3.05) is 0 Å². The number of rotatable bonds is 1. The second kappa shape index (κ2) is 1.69. The van der Waals surface area contributed by atoms with Crippen LogP contribution in [0.15, 0.2) is 4.52 Å². The van der Waals surface area contributed by atoms with Crippen molar-refractivity contribution in [3.05, 3.63) is 5.89 Å². The Labute approximate surface area is 44.7 Å². The summed E-state index contributed by atoms with van der Waals surface area (Å²) in [5.74, 6) is -0.319. The van der Waals surface area contributed by atoms with E-state index in [-0.39, 0.29) is 11.7 Å². The molecule has 0 aliphatic rings. The van der Waals surface area contributed by atoms with Gasteiger partial charge in [-0.15, -0.1) is 0 Å². The second-order valence-corrected chi connectivity index (χ2v) is 1.22. The maximum atomic E-state index is 10.3. The monoisotopic (exact) mass is 113 g/mol. The van der Waals surface area contributed by atoms with E-state index in [2.05, 4.69) is 20.1 Å². The minimum absolute atomic E-state index is 0.0509. The molecule has 8 heavy (non-hydrogen) atoms. The highest BCUT2D eigenvalue weighted by atomic mass is 16.5. The summed E-state index contributed by atoms with van der Waals surface area (Å²) in [6.07, 6.45) is 0. The molecule has 0 atom stereocenters. The highest BCUT2D eigenvalue weighted by Gasteiger charge is 2.03. The van der Waals surface area contributed by atoms with Gasteiger partial charge in [-0.3, -0.25) is 4.79 Å². The van der Waals surface area contributed by atoms with Crippen LogP contribution in [0.3, 0.4) is 0 Å². The standard InChI is InChI=1S/C3H3N3O2/c1-2(7)3-4-5-6-8-3/h1H3. The van der Waals surface area contributed by atoms with Gasteiger partial charge in [0.1, 0.15) is 0 Å². The third kappa shape index (κ3) is 0.699. The lowest BCUT2D eigenvalue weighted by Crippen LogP contribution is -1.90. The van der Waals surface area contributed by atoms with E-state index in [0.717, 1.165) is 0 Å². The number of aromatic nitrogens is 3. The lowest BCUT2D eigenvalue weighted by molar-refractivity contribution is 0.0972. The Morgan fingerprint density at radius 3 is 2.75 bits per heavy atom. The van der Waals surface area contributed by atoms with Gasteiger partial charge >= 0.3 is 5.89 Å². The molecule has 1 heterocycles. The van der Waals surface area contributed by atoms with E-state index in [4.69, 9.17) is 0 Å². The van der Waals surface area contributed by atoms with Crippen molar-refractivity contribution >= 4 is 5.78 Å². The maximum Gasteiger partial charge on any atom is 0.313 e. The first kappa shape index (κ1) is 4.89. The molecule has 0 spiro atoms. The largest absolute Gasteiger partial charge is 0.313 e. The first-order valence-corrected chi connectivity index (χ1v) is 1.96. The van der Waals surface area contributed by atoms with Gasteiger partial charge in [0, 0.05) is 6.92 Å². The fourth-order valence-electron chi connectivity index (χ4n) is 0.269. The Morgan fingerprint density at radius 1 is 1.75 bits per heavy atom. The molecular weight excluding hydrogens is 110 g/mol. The topological polar surface area (TPSA) is 68.9 Å². The third-order valence-electron chi connectivity index (χ3n) is 0.601. The Kier molecular flexibility index (Phi) is 1.03. The van der Waals surface area contributed by atoms with Crippen LogP contribution < -0.4 is 0 Å². The van der Waals surface area contributed by atoms with Crippen LogP contribution in [0.4, 0.5) is 0 Å². The zero-order chi connectivity index (χ0) is 5.98. The van der Waals surface area contributed by atoms with Crippen molar-refractivity contribution in [1.29, 1.82) is 0 Å². The van der Waals surface area contributed by atoms with Crippen LogP contribution in [-0.2, 0) is 0 Å². The van der Waals surface area contributed by atoms with E-state index < -0.39 is 0 Å². The molecule has 0 amide bonds. The highest BCUT2D eigenvalue weighted by Crippen LogP contribution is 1.86. The van der Waals surface area contributed by atoms with Gasteiger partial charge in [-0.25, -0.2) is 0 Å². The Hall–Kier alpha value is -1.26. The number of Topliss-reactive ketones (excluding diaryl/α,β-unsaturated/α-hetero) is 1. The summed E-state index contributed by atoms with van der Waals surface area (Å²) in [5, 5.41) is 9.28. The van der Waals surface area contributed by atoms with Crippen LogP contribution in [0.25, 0.3) is 0 Å². The van der Waals surface area contributed by atoms with Gasteiger partial charge in [0.05, 0.1) is 5.27 Å². The van der Waals surface area contributed by atoms with E-state index in [9.17, 15) is 4.79 Å². The molecule has 0 fully saturated rings. The fourth-order valence-corrected chi connectivity index (χ4v) is 0.269. The molecule has 0 N–H and O–H groups in total. The summed E-state index contributed by atoms with van der Waals surface area (Å²) < 4.78 is 4.27. The molecule has 5 heteroatoms. The average Bonchev–Trinajstić information content (AvgIpc) is 2.12. The molecule has 0 bridgehead atoms. The lowest BCUT2D eigenvalue weighted by atomic mass is 10.5. The van der Waals surface area contributed by atoms with Crippen molar-refractivity contribution < 1.29 is 9.32 Å². The van der Waals surface area contributed by atoms with Gasteiger partial charge in [-0.2, -0.15) is 0 Å². The lowest BCUT2D eigenvalue weighted by Gasteiger charge is -1.73. The molecule has 0 aromatic carbocycles. The van der Waals surface area contributed by atoms with Crippen molar-refractivity contribution in [3.63, 3.8) is 0 Å². The summed E-state index contributed by atoms with van der Waals surface area (Å²) >= 11 is 0. The fraction of sp³-hybridized carbons (Fsp3) is 0.333. The molecule has 1 aromatic heterocycles. The Morgan fingerprint density at radius 2 is 2.50 bits per heavy atom. The summed E-state index contributed by atoms with van der Waals surface area (Å²) in [4.78, 5) is 10.3. The molecule has 0 saturated heterocycles. The van der Waals surface area contributed by atoms with Crippen molar-refractivity contribution in [2.45, 2.75) is 6.92 Å². The van der Waals surface area contributed by atoms with Gasteiger partial charge in [-0.1, -0.05) is 5.10 Å². The molecule has 0 unspecified atom stereocenters. The number of carbonyl (C=O) groups is 1. The Bertz CT molecular complexity index is 180. The molecule has 0 aliphatic heterocycles. The van der Waals surface area contributed by atoms with Gasteiger partial charge in [0.15, 0.2) is 0 Å². The van der Waals surface area contributed by atoms with Crippen LogP contribution >= 0.6 is 0 Å². The molecular formula is C3H3N3O2. The van der Waals surface area contributed by atoms with E-state index in [1.54, 1.807) is 0 Å². The number of hydrogen-bond donors (Lipinski definition) is 0. The van der Waals surface area contributed by atoms with Crippen LogP contribution in [0, 0.1) is 0 Å². The number of carbonyl (C=O) groups excluding carboxylic acids is 1. The van der Waals surface area contributed by atoms with Crippen LogP contribution in [0.2, 0.25) is 0 Å². The number of nitrogens with zero attached hydrogens (tertiary/aromatic N) is 3. The minimum atomic E-state index is -0.269. The molecule has 42 valence electrons. The molecule has 5 nitrogen and oxygen atoms in total. The molecule has 1 aromatic rings. The van der Waals surface area contributed by atoms with Gasteiger partial charge in [0.25, 0.3) is 0 Å². The van der Waals surface area contributed by atoms with E-state index in [0.29, 0.717) is 0 Å². The number of hydrogen-bond acceptors (Lipinski definition) is 5. The first-order chi connectivity index (χ1) is 3.80. The summed E-state index contributed by atoms with van der Waals surface area (Å²) in [6, 6.07) is 0. The van der Waals surface area contributed by atoms with E-state index >= 15 is 0 Å². The van der Waals surface area contributed by atoms with Crippen molar-refractivity contribution in [3.8, 4) is 0 Å². The quantitative estimate of drug-likeness (QED) is 0.466. The van der Waals surface area contributed by atoms with Crippen LogP contribution in [0.5, 0.6) is 0 Å². The summed E-state index contributed by atoms with van der Waals surface area (Å²) in [6.45, 7) is 1.33. The highest BCUT2D eigenvalue weighted by molar-refractivity contribution is 5.88.